The van der Waals surface area contributed by atoms with Gasteiger partial charge in [0.2, 0.25) is 0 Å². The summed E-state index contributed by atoms with van der Waals surface area (Å²) in [7, 11) is -5.20. The molecule has 0 aliphatic rings. The summed E-state index contributed by atoms with van der Waals surface area (Å²) in [6.45, 7) is 12.2. The van der Waals surface area contributed by atoms with Crippen molar-refractivity contribution in [3.8, 4) is 0 Å². The molecule has 0 aliphatic heterocycles. The van der Waals surface area contributed by atoms with Gasteiger partial charge in [0, 0.05) is 12.1 Å². The van der Waals surface area contributed by atoms with Gasteiger partial charge in [-0.25, -0.2) is 4.79 Å². The van der Waals surface area contributed by atoms with Crippen LogP contribution in [0.15, 0.2) is 12.2 Å². The van der Waals surface area contributed by atoms with Crippen molar-refractivity contribution >= 4 is 23.1 Å². The Morgan fingerprint density at radius 2 is 1.71 bits per heavy atom. The lowest BCUT2D eigenvalue weighted by Crippen LogP contribution is -2.48. The fourth-order valence-electron chi connectivity index (χ4n) is 0.848. The van der Waals surface area contributed by atoms with Gasteiger partial charge in [0.05, 0.1) is 0 Å². The first-order valence-electron chi connectivity index (χ1n) is 4.35. The van der Waals surface area contributed by atoms with Crippen molar-refractivity contribution in [3.63, 3.8) is 0 Å². The molecule has 0 rings (SSSR count). The van der Waals surface area contributed by atoms with Crippen LogP contribution in [0, 0.1) is 0 Å². The molecule has 0 aromatic heterocycles. The molecule has 0 saturated heterocycles. The van der Waals surface area contributed by atoms with Gasteiger partial charge in [0.1, 0.15) is 0 Å². The highest BCUT2D eigenvalue weighted by atomic mass is 28.5. The largest absolute Gasteiger partial charge is 0.551 e. The first kappa shape index (κ1) is 13.6. The van der Waals surface area contributed by atoms with Crippen molar-refractivity contribution < 1.29 is 18.1 Å². The Morgan fingerprint density at radius 1 is 1.29 bits per heavy atom. The summed E-state index contributed by atoms with van der Waals surface area (Å²) < 4.78 is 10.2. The Bertz CT molecular complexity index is 242. The van der Waals surface area contributed by atoms with E-state index in [9.17, 15) is 9.59 Å². The molecule has 0 fully saturated rings. The third kappa shape index (κ3) is 6.08. The van der Waals surface area contributed by atoms with Crippen LogP contribution in [-0.4, -0.2) is 27.9 Å². The van der Waals surface area contributed by atoms with Gasteiger partial charge >= 0.3 is 14.8 Å². The molecule has 0 heterocycles. The Labute approximate surface area is 87.0 Å². The zero-order valence-electron chi connectivity index (χ0n) is 9.38. The molecule has 1 N–H and O–H groups in total. The average Bonchev–Trinajstić information content (AvgIpc) is 1.78. The molecule has 6 heteroatoms. The van der Waals surface area contributed by atoms with Crippen LogP contribution in [0.25, 0.3) is 0 Å². The summed E-state index contributed by atoms with van der Waals surface area (Å²) in [5.41, 5.74) is 0.261. The van der Waals surface area contributed by atoms with E-state index in [0.29, 0.717) is 0 Å². The lowest BCUT2D eigenvalue weighted by molar-refractivity contribution is -0.133. The summed E-state index contributed by atoms with van der Waals surface area (Å²) in [5.74, 6) is -0.597. The van der Waals surface area contributed by atoms with Gasteiger partial charge in [-0.15, -0.1) is 0 Å². The molecule has 0 bridgehead atoms. The Morgan fingerprint density at radius 3 is 2.00 bits per heavy atom. The quantitative estimate of drug-likeness (QED) is 0.592. The normalized spacial score (nSPS) is 15.9. The van der Waals surface area contributed by atoms with Gasteiger partial charge in [0.15, 0.2) is 8.32 Å². The van der Waals surface area contributed by atoms with E-state index < -0.39 is 23.1 Å². The summed E-state index contributed by atoms with van der Waals surface area (Å²) in [6, 6.07) is 0. The molecular weight excluding hydrogens is 216 g/mol. The van der Waals surface area contributed by atoms with Gasteiger partial charge in [-0.05, 0) is 26.6 Å². The number of hydrogen-bond donors (Lipinski definition) is 1. The van der Waals surface area contributed by atoms with Crippen LogP contribution in [0.4, 0.5) is 0 Å². The second kappa shape index (κ2) is 4.39. The maximum atomic E-state index is 11.1. The Kier molecular flexibility index (Phi) is 4.25. The van der Waals surface area contributed by atoms with E-state index in [1.54, 1.807) is 0 Å². The topological polar surface area (TPSA) is 55.8 Å². The lowest BCUT2D eigenvalue weighted by atomic mass is 10.4. The minimum atomic E-state index is -3.31. The smallest absolute Gasteiger partial charge is 0.471 e. The minimum Gasteiger partial charge on any atom is -0.471 e. The van der Waals surface area contributed by atoms with Crippen molar-refractivity contribution in [2.45, 2.75) is 33.1 Å². The van der Waals surface area contributed by atoms with Crippen molar-refractivity contribution in [2.75, 3.05) is 0 Å². The fraction of sp³-hybridized carbons (Fsp3) is 0.625. The fourth-order valence-corrected chi connectivity index (χ4v) is 6.08. The zero-order chi connectivity index (χ0) is 11.6. The molecule has 0 aromatic carbocycles. The molecule has 0 amide bonds. The summed E-state index contributed by atoms with van der Waals surface area (Å²) >= 11 is 0. The maximum absolute atomic E-state index is 11.1. The van der Waals surface area contributed by atoms with Crippen molar-refractivity contribution in [2.24, 2.45) is 0 Å². The van der Waals surface area contributed by atoms with Crippen molar-refractivity contribution in [1.82, 2.24) is 0 Å². The van der Waals surface area contributed by atoms with E-state index >= 15 is 0 Å². The third-order valence-corrected chi connectivity index (χ3v) is 5.65. The summed E-state index contributed by atoms with van der Waals surface area (Å²) in [4.78, 5) is 20.9. The molecular formula is C8H18O4Si2. The van der Waals surface area contributed by atoms with E-state index in [1.807, 2.05) is 19.6 Å². The van der Waals surface area contributed by atoms with E-state index in [1.165, 1.54) is 13.5 Å². The minimum absolute atomic E-state index is 0.261. The van der Waals surface area contributed by atoms with E-state index in [4.69, 9.17) is 8.54 Å². The number of carbonyl (C=O) groups excluding carboxylic acids is 1. The van der Waals surface area contributed by atoms with Crippen LogP contribution in [0.3, 0.4) is 0 Å². The Hall–Kier alpha value is -0.436. The lowest BCUT2D eigenvalue weighted by Gasteiger charge is -2.27. The number of carbonyl (C=O) groups is 1. The Balaban J connectivity index is 4.35. The first-order chi connectivity index (χ1) is 6.03. The molecule has 0 radical (unpaired) electrons. The molecule has 0 aliphatic carbocycles. The SMILES string of the molecule is C=C(C)C(=O)O[Si](C)(O)O[Si](C)(C)C. The number of hydrogen-bond acceptors (Lipinski definition) is 4. The average molecular weight is 234 g/mol. The zero-order valence-corrected chi connectivity index (χ0v) is 11.4. The highest BCUT2D eigenvalue weighted by Gasteiger charge is 2.39. The monoisotopic (exact) mass is 234 g/mol. The predicted octanol–water partition coefficient (Wildman–Crippen LogP) is 1.52. The highest BCUT2D eigenvalue weighted by Crippen LogP contribution is 2.13. The van der Waals surface area contributed by atoms with Crippen LogP contribution in [-0.2, 0) is 13.3 Å². The van der Waals surface area contributed by atoms with Crippen molar-refractivity contribution in [3.05, 3.63) is 12.2 Å². The molecule has 4 nitrogen and oxygen atoms in total. The third-order valence-electron chi connectivity index (χ3n) is 1.13. The van der Waals surface area contributed by atoms with Gasteiger partial charge in [-0.1, -0.05) is 6.58 Å². The van der Waals surface area contributed by atoms with Crippen LogP contribution in [0.2, 0.25) is 26.2 Å². The van der Waals surface area contributed by atoms with Gasteiger partial charge in [-0.2, -0.15) is 0 Å². The standard InChI is InChI=1S/C8H18O4Si2/c1-7(2)8(9)11-14(6,10)12-13(3,4)5/h10H,1H2,2-6H3. The number of rotatable bonds is 4. The van der Waals surface area contributed by atoms with Crippen LogP contribution < -0.4 is 0 Å². The first-order valence-corrected chi connectivity index (χ1v) is 10.0. The summed E-state index contributed by atoms with van der Waals surface area (Å²) in [5, 5.41) is 0. The molecule has 14 heavy (non-hydrogen) atoms. The summed E-state index contributed by atoms with van der Waals surface area (Å²) in [6.07, 6.45) is 0. The molecule has 1 unspecified atom stereocenters. The van der Waals surface area contributed by atoms with E-state index in [-0.39, 0.29) is 5.57 Å². The molecule has 1 atom stereocenters. The molecule has 0 saturated carbocycles. The second-order valence-corrected chi connectivity index (χ2v) is 11.3. The van der Waals surface area contributed by atoms with Crippen LogP contribution in [0.1, 0.15) is 6.92 Å². The van der Waals surface area contributed by atoms with Crippen molar-refractivity contribution in [1.29, 1.82) is 0 Å². The molecule has 82 valence electrons. The van der Waals surface area contributed by atoms with Gasteiger partial charge in [0.25, 0.3) is 0 Å². The van der Waals surface area contributed by atoms with Crippen LogP contribution in [0.5, 0.6) is 0 Å². The second-order valence-electron chi connectivity index (χ2n) is 4.28. The maximum Gasteiger partial charge on any atom is 0.551 e. The van der Waals surface area contributed by atoms with E-state index in [0.717, 1.165) is 0 Å². The van der Waals surface area contributed by atoms with Gasteiger partial charge < -0.3 is 13.3 Å². The van der Waals surface area contributed by atoms with E-state index in [2.05, 4.69) is 6.58 Å². The molecule has 0 aromatic rings. The predicted molar refractivity (Wildman–Crippen MR) is 59.2 cm³/mol. The van der Waals surface area contributed by atoms with Crippen LogP contribution >= 0.6 is 0 Å². The van der Waals surface area contributed by atoms with Gasteiger partial charge in [-0.3, -0.25) is 0 Å². The molecule has 0 spiro atoms. The highest BCUT2D eigenvalue weighted by molar-refractivity contribution is 6.79.